The number of carboxylic acids is 2. The molecule has 4 aliphatic rings. The fourth-order valence-corrected chi connectivity index (χ4v) is 12.9. The molecule has 3 aromatic carbocycles. The lowest BCUT2D eigenvalue weighted by atomic mass is 10.00. The number of carbonyl (C=O) groups is 13. The van der Waals surface area contributed by atoms with E-state index in [2.05, 4.69) is 47.5 Å². The first kappa shape index (κ1) is 75.8. The number of piperazine rings is 1. The van der Waals surface area contributed by atoms with E-state index in [-0.39, 0.29) is 117 Å². The standard InChI is InChI=1S/C69H93N15O16/c1-3-32-100-33-24-50-63(93)77-52(36-46-39-72-48-16-8-7-15-47(46)48)61(91)73-40-57(85)75-49(17-9-10-25-71-69(99)82-30-28-81(29-31-82)42-60(89)90)62(92)79-53(37-59(87)88)67(97)84-27-12-19-55(84)68(98)83-26-11-18-54(83)65(95)74-41-58(86)80(2)56(35-43-13-5-4-6-14-43)66(96)78-51(64(94)76-50)34-44-20-22-45(38-70)23-21-44/h4-8,13-16,20-23,39,49-56,72H,3,9-12,17-19,24-38,40-42,70H2,1-2H3,(H,71,99)(H,73,91)(H,74,95)(H,75,85)(H,76,94)(H,77,93)(H,78,96)(H,79,92)(H,87,88)(H,89,90)/t49-,50-,51-,52-,53-,54-,55+,56-/m0/s1. The van der Waals surface area contributed by atoms with Crippen LogP contribution in [0.5, 0.6) is 0 Å². The van der Waals surface area contributed by atoms with E-state index < -0.39 is 145 Å². The number of aliphatic carboxylic acids is 2. The summed E-state index contributed by atoms with van der Waals surface area (Å²) >= 11 is 0. The van der Waals surface area contributed by atoms with Gasteiger partial charge in [0.05, 0.1) is 26.1 Å². The second-order valence-electron chi connectivity index (χ2n) is 25.6. The minimum atomic E-state index is -1.79. The number of hydrogen-bond acceptors (Lipinski definition) is 16. The van der Waals surface area contributed by atoms with Gasteiger partial charge in [-0.2, -0.15) is 0 Å². The SMILES string of the molecule is CCCOCC[C@@H]1NC(=O)[C@H](Cc2ccc(CN)cc2)NC(=O)[C@H](Cc2ccccc2)N(C)C(=O)CNC(=O)[C@@H]2CCCN2C(=O)[C@H]2CCCN2C(=O)[C@H](CC(=O)O)NC(=O)[C@H](CCCCNC(=O)N2CCN(CC(=O)O)CC2)NC(=O)CNC(=O)[C@H](Cc2c[nH]c3ccccc23)NC1=O. The van der Waals surface area contributed by atoms with Crippen molar-refractivity contribution < 1.29 is 77.3 Å². The number of para-hydroxylation sites is 1. The van der Waals surface area contributed by atoms with Crippen LogP contribution in [0.15, 0.2) is 85.1 Å². The minimum absolute atomic E-state index is 0.0306. The molecule has 12 amide bonds. The molecular formula is C69H93N15O16. The van der Waals surface area contributed by atoms with Crippen LogP contribution in [0.1, 0.15) is 93.4 Å². The van der Waals surface area contributed by atoms with Crippen molar-refractivity contribution in [2.75, 3.05) is 85.7 Å². The zero-order chi connectivity index (χ0) is 71.8. The van der Waals surface area contributed by atoms with Crippen molar-refractivity contribution in [3.8, 4) is 0 Å². The van der Waals surface area contributed by atoms with Gasteiger partial charge in [0.25, 0.3) is 0 Å². The Bertz CT molecular complexity index is 3550. The third-order valence-electron chi connectivity index (χ3n) is 18.4. The van der Waals surface area contributed by atoms with Crippen molar-refractivity contribution in [2.45, 2.75) is 145 Å². The Morgan fingerprint density at radius 1 is 0.580 bits per heavy atom. The zero-order valence-corrected chi connectivity index (χ0v) is 56.5. The zero-order valence-electron chi connectivity index (χ0n) is 56.5. The highest BCUT2D eigenvalue weighted by Gasteiger charge is 2.45. The van der Waals surface area contributed by atoms with Gasteiger partial charge in [0.15, 0.2) is 0 Å². The highest BCUT2D eigenvalue weighted by molar-refractivity contribution is 6.00. The van der Waals surface area contributed by atoms with E-state index in [1.807, 2.05) is 13.0 Å². The monoisotopic (exact) mass is 1390 g/mol. The first-order valence-corrected chi connectivity index (χ1v) is 34.2. The maximum atomic E-state index is 15.1. The molecule has 100 heavy (non-hydrogen) atoms. The maximum Gasteiger partial charge on any atom is 0.317 e. The predicted octanol–water partition coefficient (Wildman–Crippen LogP) is -0.993. The lowest BCUT2D eigenvalue weighted by Crippen LogP contribution is -2.60. The molecule has 0 aliphatic carbocycles. The minimum Gasteiger partial charge on any atom is -0.481 e. The van der Waals surface area contributed by atoms with Gasteiger partial charge in [-0.3, -0.25) is 62.4 Å². The molecule has 8 rings (SSSR count). The quantitative estimate of drug-likeness (QED) is 0.0446. The number of amides is 12. The van der Waals surface area contributed by atoms with Crippen molar-refractivity contribution in [1.29, 1.82) is 0 Å². The van der Waals surface area contributed by atoms with Gasteiger partial charge in [0, 0.05) is 109 Å². The smallest absolute Gasteiger partial charge is 0.317 e. The Hall–Kier alpha value is -10.0. The van der Waals surface area contributed by atoms with E-state index in [1.54, 1.807) is 83.9 Å². The summed E-state index contributed by atoms with van der Waals surface area (Å²) in [5.41, 5.74) is 9.21. The van der Waals surface area contributed by atoms with Crippen LogP contribution in [0.3, 0.4) is 0 Å². The summed E-state index contributed by atoms with van der Waals surface area (Å²) in [5, 5.41) is 41.7. The van der Waals surface area contributed by atoms with E-state index in [4.69, 9.17) is 10.5 Å². The van der Waals surface area contributed by atoms with Crippen molar-refractivity contribution in [1.82, 2.24) is 72.0 Å². The number of fused-ring (bicyclic) bond motifs is 3. The number of urea groups is 1. The Labute approximate surface area is 579 Å². The summed E-state index contributed by atoms with van der Waals surface area (Å²) in [6, 6.07) is 11.3. The molecule has 4 aliphatic heterocycles. The number of aromatic nitrogens is 1. The number of hydrogen-bond donors (Lipinski definition) is 12. The van der Waals surface area contributed by atoms with E-state index in [0.29, 0.717) is 60.1 Å². The number of aromatic amines is 1. The second-order valence-corrected chi connectivity index (χ2v) is 25.6. The molecule has 31 heteroatoms. The van der Waals surface area contributed by atoms with Crippen LogP contribution >= 0.6 is 0 Å². The summed E-state index contributed by atoms with van der Waals surface area (Å²) in [4.78, 5) is 194. The maximum absolute atomic E-state index is 15.1. The molecule has 8 atom stereocenters. The van der Waals surface area contributed by atoms with Gasteiger partial charge in [-0.15, -0.1) is 0 Å². The fourth-order valence-electron chi connectivity index (χ4n) is 12.9. The van der Waals surface area contributed by atoms with Gasteiger partial charge >= 0.3 is 18.0 Å². The van der Waals surface area contributed by atoms with Gasteiger partial charge in [-0.05, 0) is 86.1 Å². The lowest BCUT2D eigenvalue weighted by Gasteiger charge is -2.33. The predicted molar refractivity (Wildman–Crippen MR) is 363 cm³/mol. The molecule has 5 heterocycles. The number of carboxylic acid groups (broad SMARTS) is 2. The van der Waals surface area contributed by atoms with Crippen molar-refractivity contribution in [2.24, 2.45) is 5.73 Å². The Morgan fingerprint density at radius 3 is 1.87 bits per heavy atom. The molecule has 0 saturated carbocycles. The van der Waals surface area contributed by atoms with Crippen LogP contribution in [0.2, 0.25) is 0 Å². The number of nitrogens with zero attached hydrogens (tertiary/aromatic N) is 5. The molecule has 4 aromatic rings. The summed E-state index contributed by atoms with van der Waals surface area (Å²) in [5.74, 6) is -10.7. The van der Waals surface area contributed by atoms with Gasteiger partial charge < -0.3 is 87.8 Å². The van der Waals surface area contributed by atoms with E-state index in [9.17, 15) is 63.0 Å². The number of H-pyrrole nitrogens is 1. The van der Waals surface area contributed by atoms with Gasteiger partial charge in [0.1, 0.15) is 48.3 Å². The molecule has 13 N–H and O–H groups in total. The van der Waals surface area contributed by atoms with E-state index in [0.717, 1.165) is 15.4 Å². The van der Waals surface area contributed by atoms with Crippen LogP contribution < -0.4 is 48.3 Å². The lowest BCUT2D eigenvalue weighted by molar-refractivity contribution is -0.149. The third kappa shape index (κ3) is 21.5. The number of nitrogens with one attached hydrogen (secondary N) is 9. The van der Waals surface area contributed by atoms with Crippen LogP contribution in [0.25, 0.3) is 10.9 Å². The molecule has 540 valence electrons. The van der Waals surface area contributed by atoms with Gasteiger partial charge in [0.2, 0.25) is 59.1 Å². The number of carbonyl (C=O) groups excluding carboxylic acids is 11. The van der Waals surface area contributed by atoms with Crippen LogP contribution in [0.4, 0.5) is 4.79 Å². The summed E-state index contributed by atoms with van der Waals surface area (Å²) < 4.78 is 5.83. The van der Waals surface area contributed by atoms with Crippen LogP contribution in [0, 0.1) is 0 Å². The Kier molecular flexibility index (Phi) is 28.2. The highest BCUT2D eigenvalue weighted by atomic mass is 16.5. The van der Waals surface area contributed by atoms with Crippen LogP contribution in [-0.2, 0) is 88.1 Å². The van der Waals surface area contributed by atoms with E-state index >= 15 is 9.59 Å². The number of nitrogens with two attached hydrogens (primary N) is 1. The van der Waals surface area contributed by atoms with Crippen molar-refractivity contribution in [3.63, 3.8) is 0 Å². The molecule has 4 saturated heterocycles. The second kappa shape index (κ2) is 37.3. The van der Waals surface area contributed by atoms with Gasteiger partial charge in [-0.25, -0.2) is 4.79 Å². The summed E-state index contributed by atoms with van der Waals surface area (Å²) in [6.45, 7) is 2.14. The molecule has 0 bridgehead atoms. The first-order valence-electron chi connectivity index (χ1n) is 34.2. The number of benzene rings is 3. The molecule has 1 aromatic heterocycles. The number of rotatable bonds is 21. The Balaban J connectivity index is 1.12. The van der Waals surface area contributed by atoms with Gasteiger partial charge in [-0.1, -0.05) is 79.7 Å². The molecule has 0 radical (unpaired) electrons. The number of likely N-dealkylation sites (N-methyl/N-ethyl adjacent to an activating group) is 1. The largest absolute Gasteiger partial charge is 0.481 e. The fraction of sp³-hybridized carbons (Fsp3) is 0.522. The molecule has 0 spiro atoms. The summed E-state index contributed by atoms with van der Waals surface area (Å²) in [7, 11) is 1.37. The summed E-state index contributed by atoms with van der Waals surface area (Å²) in [6.07, 6.45) is 1.99. The van der Waals surface area contributed by atoms with Crippen molar-refractivity contribution >= 4 is 87.9 Å². The first-order chi connectivity index (χ1) is 48.1. The molecular weight excluding hydrogens is 1290 g/mol. The van der Waals surface area contributed by atoms with E-state index in [1.165, 1.54) is 16.8 Å². The van der Waals surface area contributed by atoms with Crippen molar-refractivity contribution in [3.05, 3.63) is 107 Å². The Morgan fingerprint density at radius 2 is 1.18 bits per heavy atom. The number of unbranched alkanes of at least 4 members (excludes halogenated alkanes) is 1. The molecule has 31 nitrogen and oxygen atoms in total. The van der Waals surface area contributed by atoms with Crippen LogP contribution in [-0.4, -0.2) is 251 Å². The number of ether oxygens (including phenoxy) is 1. The normalized spacial score (nSPS) is 23.3. The average molecular weight is 1390 g/mol. The average Bonchev–Trinajstić information content (AvgIpc) is 1.61. The topological polar surface area (TPSA) is 426 Å². The molecule has 4 fully saturated rings. The third-order valence-corrected chi connectivity index (χ3v) is 18.4. The molecule has 0 unspecified atom stereocenters. The highest BCUT2D eigenvalue weighted by Crippen LogP contribution is 2.27.